The Balaban J connectivity index is 0.00000134. The van der Waals surface area contributed by atoms with Crippen molar-refractivity contribution in [3.8, 4) is 0 Å². The summed E-state index contributed by atoms with van der Waals surface area (Å²) >= 11 is 0.194. The maximum atomic E-state index is 11.4. The minimum atomic E-state index is -0.0349. The van der Waals surface area contributed by atoms with Gasteiger partial charge in [0.15, 0.2) is 5.78 Å². The van der Waals surface area contributed by atoms with Crippen molar-refractivity contribution in [3.05, 3.63) is 58.4 Å². The molecule has 0 saturated heterocycles. The predicted molar refractivity (Wildman–Crippen MR) is 105 cm³/mol. The Morgan fingerprint density at radius 1 is 1.04 bits per heavy atom. The van der Waals surface area contributed by atoms with Crippen LogP contribution in [0.4, 0.5) is 5.69 Å². The summed E-state index contributed by atoms with van der Waals surface area (Å²) < 4.78 is 0. The Kier molecular flexibility index (Phi) is 10.9. The molecular formula is C19H24Cl2FeN2O. The molecule has 1 aromatic heterocycles. The van der Waals surface area contributed by atoms with Crippen LogP contribution in [0.25, 0.3) is 0 Å². The second-order valence-corrected chi connectivity index (χ2v) is 7.28. The summed E-state index contributed by atoms with van der Waals surface area (Å²) in [7, 11) is 9.53. The molecule has 0 unspecified atom stereocenters. The molecule has 0 spiro atoms. The van der Waals surface area contributed by atoms with E-state index in [1.54, 1.807) is 6.07 Å². The summed E-state index contributed by atoms with van der Waals surface area (Å²) in [6, 6.07) is 9.69. The van der Waals surface area contributed by atoms with Crippen LogP contribution in [0, 0.1) is 20.8 Å². The average Bonchev–Trinajstić information content (AvgIpc) is 2.51. The van der Waals surface area contributed by atoms with Gasteiger partial charge in [-0.25, -0.2) is 4.98 Å². The summed E-state index contributed by atoms with van der Waals surface area (Å²) in [4.78, 5) is 20.5. The number of carbonyl (C=O) groups is 1. The molecule has 0 radical (unpaired) electrons. The van der Waals surface area contributed by atoms with Gasteiger partial charge >= 0.3 is 33.3 Å². The van der Waals surface area contributed by atoms with Gasteiger partial charge in [-0.3, -0.25) is 9.79 Å². The van der Waals surface area contributed by atoms with Gasteiger partial charge in [0.1, 0.15) is 5.69 Å². The Bertz CT molecular complexity index is 738. The van der Waals surface area contributed by atoms with E-state index in [1.165, 1.54) is 12.5 Å². The van der Waals surface area contributed by atoms with Gasteiger partial charge in [-0.05, 0) is 51.0 Å². The number of aliphatic imine (C=N–C) groups is 1. The molecule has 1 heterocycles. The van der Waals surface area contributed by atoms with E-state index in [9.17, 15) is 4.79 Å². The second kappa shape index (κ2) is 11.4. The zero-order chi connectivity index (χ0) is 18.3. The maximum absolute atomic E-state index is 11.4. The van der Waals surface area contributed by atoms with E-state index in [0.29, 0.717) is 5.69 Å². The normalized spacial score (nSPS) is 10.6. The number of nitrogens with zero attached hydrogens (tertiary/aromatic N) is 2. The Morgan fingerprint density at radius 3 is 2.00 bits per heavy atom. The molecule has 1 aromatic carbocycles. The molecule has 2 rings (SSSR count). The first-order chi connectivity index (χ1) is 11.3. The van der Waals surface area contributed by atoms with Gasteiger partial charge in [0.2, 0.25) is 0 Å². The molecule has 3 nitrogen and oxygen atoms in total. The number of Topliss-reactive ketones (excluding diaryl/α,β-unsaturated/α-hetero) is 1. The van der Waals surface area contributed by atoms with Crippen molar-refractivity contribution in [3.63, 3.8) is 0 Å². The van der Waals surface area contributed by atoms with Crippen LogP contribution in [0.15, 0.2) is 35.3 Å². The molecule has 0 bridgehead atoms. The zero-order valence-electron chi connectivity index (χ0n) is 14.3. The van der Waals surface area contributed by atoms with Gasteiger partial charge in [0.25, 0.3) is 0 Å². The summed E-state index contributed by atoms with van der Waals surface area (Å²) in [5.41, 5.74) is 6.53. The molecule has 2 aromatic rings. The number of rotatable bonds is 3. The SMILES string of the molecule is C.CC(=O)c1cccc(C(C)=Nc2c(C)cc(C)cc2C)n1.[Cl][Fe][Cl]. The van der Waals surface area contributed by atoms with Gasteiger partial charge in [0.05, 0.1) is 17.1 Å². The number of aryl methyl sites for hydroxylation is 3. The predicted octanol–water partition coefficient (Wildman–Crippen LogP) is 6.36. The number of benzene rings is 1. The molecule has 0 aliphatic heterocycles. The van der Waals surface area contributed by atoms with Crippen molar-refractivity contribution >= 4 is 37.4 Å². The molecule has 0 saturated carbocycles. The number of hydrogen-bond acceptors (Lipinski definition) is 3. The number of aromatic nitrogens is 1. The van der Waals surface area contributed by atoms with Crippen molar-refractivity contribution in [2.75, 3.05) is 0 Å². The fraction of sp³-hybridized carbons (Fsp3) is 0.316. The van der Waals surface area contributed by atoms with Crippen LogP contribution >= 0.6 is 20.2 Å². The number of halogens is 2. The van der Waals surface area contributed by atoms with Crippen molar-refractivity contribution in [2.24, 2.45) is 4.99 Å². The van der Waals surface area contributed by atoms with E-state index in [-0.39, 0.29) is 26.3 Å². The van der Waals surface area contributed by atoms with Gasteiger partial charge in [-0.15, -0.1) is 0 Å². The quantitative estimate of drug-likeness (QED) is 0.328. The first-order valence-corrected chi connectivity index (χ1v) is 10.3. The van der Waals surface area contributed by atoms with Gasteiger partial charge < -0.3 is 0 Å². The van der Waals surface area contributed by atoms with E-state index < -0.39 is 0 Å². The van der Waals surface area contributed by atoms with Crippen LogP contribution in [0.2, 0.25) is 0 Å². The van der Waals surface area contributed by atoms with Crippen LogP contribution in [0.1, 0.15) is 54.1 Å². The standard InChI is InChI=1S/C18H20N2O.CH4.2ClH.Fe/c1-11-9-12(2)18(13(3)10-11)19-14(4)16-7-6-8-17(20-16)15(5)21;;;;/h6-10H,1-5H3;1H4;2*1H;/q;;;;+2/p-2. The van der Waals surface area contributed by atoms with Gasteiger partial charge in [-0.2, -0.15) is 0 Å². The fourth-order valence-corrected chi connectivity index (χ4v) is 2.41. The Labute approximate surface area is 165 Å². The molecule has 0 aliphatic rings. The third-order valence-electron chi connectivity index (χ3n) is 3.40. The van der Waals surface area contributed by atoms with Crippen LogP contribution in [0.3, 0.4) is 0 Å². The third kappa shape index (κ3) is 7.29. The van der Waals surface area contributed by atoms with Crippen LogP contribution < -0.4 is 0 Å². The molecule has 138 valence electrons. The summed E-state index contributed by atoms with van der Waals surface area (Å²) in [5, 5.41) is 0. The monoisotopic (exact) mass is 422 g/mol. The fourth-order valence-electron chi connectivity index (χ4n) is 2.41. The Morgan fingerprint density at radius 2 is 1.52 bits per heavy atom. The van der Waals surface area contributed by atoms with Gasteiger partial charge in [0, 0.05) is 6.92 Å². The summed E-state index contributed by atoms with van der Waals surface area (Å²) in [6.45, 7) is 9.65. The van der Waals surface area contributed by atoms with Crippen LogP contribution in [0.5, 0.6) is 0 Å². The summed E-state index contributed by atoms with van der Waals surface area (Å²) in [6.07, 6.45) is 0. The number of hydrogen-bond donors (Lipinski definition) is 0. The molecule has 0 aliphatic carbocycles. The van der Waals surface area contributed by atoms with Crippen molar-refractivity contribution in [2.45, 2.75) is 42.0 Å². The van der Waals surface area contributed by atoms with E-state index in [2.05, 4.69) is 37.9 Å². The van der Waals surface area contributed by atoms with Crippen LogP contribution in [-0.2, 0) is 13.1 Å². The molecule has 0 N–H and O–H groups in total. The topological polar surface area (TPSA) is 42.3 Å². The number of pyridine rings is 1. The van der Waals surface area contributed by atoms with Crippen LogP contribution in [-0.4, -0.2) is 16.5 Å². The zero-order valence-corrected chi connectivity index (χ0v) is 16.9. The average molecular weight is 423 g/mol. The van der Waals surface area contributed by atoms with Crippen molar-refractivity contribution in [1.29, 1.82) is 0 Å². The van der Waals surface area contributed by atoms with Crippen molar-refractivity contribution < 1.29 is 17.9 Å². The first kappa shape index (κ1) is 23.8. The molecule has 25 heavy (non-hydrogen) atoms. The number of ketones is 1. The number of carbonyl (C=O) groups excluding carboxylic acids is 1. The molecule has 6 heteroatoms. The molecule has 0 amide bonds. The van der Waals surface area contributed by atoms with E-state index in [1.807, 2.05) is 19.1 Å². The second-order valence-electron chi connectivity index (χ2n) is 5.46. The van der Waals surface area contributed by atoms with Gasteiger partial charge in [-0.1, -0.05) is 31.2 Å². The minimum absolute atomic E-state index is 0. The molecule has 0 atom stereocenters. The van der Waals surface area contributed by atoms with Crippen molar-refractivity contribution in [1.82, 2.24) is 4.98 Å². The third-order valence-corrected chi connectivity index (χ3v) is 3.40. The Hall–Kier alpha value is -1.19. The van der Waals surface area contributed by atoms with E-state index in [0.717, 1.165) is 28.2 Å². The van der Waals surface area contributed by atoms with E-state index in [4.69, 9.17) is 25.2 Å². The molecule has 0 fully saturated rings. The molecular weight excluding hydrogens is 399 g/mol. The van der Waals surface area contributed by atoms with E-state index >= 15 is 0 Å². The first-order valence-electron chi connectivity index (χ1n) is 7.26. The summed E-state index contributed by atoms with van der Waals surface area (Å²) in [5.74, 6) is -0.0349.